The molecule has 1 saturated heterocycles. The molecule has 1 N–H and O–H groups in total. The molecule has 2 aliphatic rings. The van der Waals surface area contributed by atoms with Crippen molar-refractivity contribution in [3.63, 3.8) is 0 Å². The first-order valence-corrected chi connectivity index (χ1v) is 8.70. The van der Waals surface area contributed by atoms with E-state index in [9.17, 15) is 4.79 Å². The van der Waals surface area contributed by atoms with E-state index in [-0.39, 0.29) is 17.8 Å². The van der Waals surface area contributed by atoms with Gasteiger partial charge < -0.3 is 14.8 Å². The average molecular weight is 317 g/mol. The van der Waals surface area contributed by atoms with E-state index in [2.05, 4.69) is 17.4 Å². The maximum Gasteiger partial charge on any atom is 0.309 e. The summed E-state index contributed by atoms with van der Waals surface area (Å²) in [6.45, 7) is 4.88. The maximum absolute atomic E-state index is 12.0. The second-order valence-corrected chi connectivity index (χ2v) is 6.92. The molecule has 23 heavy (non-hydrogen) atoms. The number of hydrogen-bond acceptors (Lipinski definition) is 4. The van der Waals surface area contributed by atoms with E-state index in [1.54, 1.807) is 0 Å². The number of methoxy groups -OCH3 is 1. The second kappa shape index (κ2) is 7.35. The summed E-state index contributed by atoms with van der Waals surface area (Å²) in [7, 11) is 1.47. The van der Waals surface area contributed by atoms with Crippen LogP contribution in [0.2, 0.25) is 0 Å². The lowest BCUT2D eigenvalue weighted by Crippen LogP contribution is -2.22. The SMILES string of the molecule is COC(=O)[C@@H](C)[C@H](c1cccc(OCC2CCNC2)c1)C1CC1. The Morgan fingerprint density at radius 3 is 2.83 bits per heavy atom. The van der Waals surface area contributed by atoms with Gasteiger partial charge in [-0.05, 0) is 55.3 Å². The van der Waals surface area contributed by atoms with Crippen LogP contribution in [-0.4, -0.2) is 32.8 Å². The Balaban J connectivity index is 1.69. The van der Waals surface area contributed by atoms with Crippen LogP contribution in [-0.2, 0) is 9.53 Å². The summed E-state index contributed by atoms with van der Waals surface area (Å²) in [5.41, 5.74) is 1.20. The average Bonchev–Trinajstić information content (AvgIpc) is 3.26. The second-order valence-electron chi connectivity index (χ2n) is 6.92. The Kier molecular flexibility index (Phi) is 5.21. The number of nitrogens with one attached hydrogen (secondary N) is 1. The summed E-state index contributed by atoms with van der Waals surface area (Å²) in [6, 6.07) is 8.28. The minimum absolute atomic E-state index is 0.109. The fraction of sp³-hybridized carbons (Fsp3) is 0.632. The third kappa shape index (κ3) is 4.05. The van der Waals surface area contributed by atoms with Crippen LogP contribution in [0.15, 0.2) is 24.3 Å². The van der Waals surface area contributed by atoms with Crippen LogP contribution >= 0.6 is 0 Å². The third-order valence-electron chi connectivity index (χ3n) is 5.13. The molecule has 1 aliphatic carbocycles. The molecule has 0 aromatic heterocycles. The highest BCUT2D eigenvalue weighted by Crippen LogP contribution is 2.47. The van der Waals surface area contributed by atoms with Crippen molar-refractivity contribution in [1.29, 1.82) is 0 Å². The highest BCUT2D eigenvalue weighted by atomic mass is 16.5. The quantitative estimate of drug-likeness (QED) is 0.786. The normalized spacial score (nSPS) is 23.3. The summed E-state index contributed by atoms with van der Waals surface area (Å²) in [6.07, 6.45) is 3.58. The van der Waals surface area contributed by atoms with Crippen molar-refractivity contribution in [2.75, 3.05) is 26.8 Å². The van der Waals surface area contributed by atoms with E-state index in [1.165, 1.54) is 31.9 Å². The van der Waals surface area contributed by atoms with Crippen LogP contribution in [0, 0.1) is 17.8 Å². The molecule has 4 heteroatoms. The van der Waals surface area contributed by atoms with Crippen LogP contribution in [0.3, 0.4) is 0 Å². The minimum Gasteiger partial charge on any atom is -0.493 e. The molecule has 126 valence electrons. The molecule has 2 fully saturated rings. The molecule has 1 unspecified atom stereocenters. The van der Waals surface area contributed by atoms with Gasteiger partial charge >= 0.3 is 5.97 Å². The van der Waals surface area contributed by atoms with Gasteiger partial charge in [0.1, 0.15) is 5.75 Å². The topological polar surface area (TPSA) is 47.6 Å². The van der Waals surface area contributed by atoms with E-state index in [1.807, 2.05) is 19.1 Å². The van der Waals surface area contributed by atoms with Gasteiger partial charge in [0.2, 0.25) is 0 Å². The molecule has 0 bridgehead atoms. The van der Waals surface area contributed by atoms with Gasteiger partial charge in [-0.1, -0.05) is 19.1 Å². The maximum atomic E-state index is 12.0. The number of carbonyl (C=O) groups is 1. The van der Waals surface area contributed by atoms with Crippen molar-refractivity contribution in [3.8, 4) is 5.75 Å². The molecule has 1 aliphatic heterocycles. The molecule has 1 heterocycles. The molecule has 0 amide bonds. The van der Waals surface area contributed by atoms with Gasteiger partial charge in [-0.3, -0.25) is 4.79 Å². The van der Waals surface area contributed by atoms with E-state index >= 15 is 0 Å². The molecule has 1 saturated carbocycles. The lowest BCUT2D eigenvalue weighted by Gasteiger charge is -2.23. The van der Waals surface area contributed by atoms with Gasteiger partial charge in [0.05, 0.1) is 19.6 Å². The Morgan fingerprint density at radius 1 is 1.35 bits per heavy atom. The van der Waals surface area contributed by atoms with E-state index < -0.39 is 0 Å². The number of hydrogen-bond donors (Lipinski definition) is 1. The molecule has 0 radical (unpaired) electrons. The van der Waals surface area contributed by atoms with Crippen molar-refractivity contribution in [2.45, 2.75) is 32.1 Å². The van der Waals surface area contributed by atoms with E-state index in [0.29, 0.717) is 11.8 Å². The van der Waals surface area contributed by atoms with Crippen molar-refractivity contribution in [3.05, 3.63) is 29.8 Å². The zero-order valence-electron chi connectivity index (χ0n) is 14.1. The predicted molar refractivity (Wildman–Crippen MR) is 89.6 cm³/mol. The molecule has 1 aromatic rings. The van der Waals surface area contributed by atoms with Crippen molar-refractivity contribution in [1.82, 2.24) is 5.32 Å². The van der Waals surface area contributed by atoms with Crippen LogP contribution in [0.5, 0.6) is 5.75 Å². The van der Waals surface area contributed by atoms with Crippen molar-refractivity contribution >= 4 is 5.97 Å². The highest BCUT2D eigenvalue weighted by Gasteiger charge is 2.39. The lowest BCUT2D eigenvalue weighted by atomic mass is 9.83. The molecule has 0 spiro atoms. The number of esters is 1. The smallest absolute Gasteiger partial charge is 0.309 e. The minimum atomic E-state index is -0.120. The van der Waals surface area contributed by atoms with Gasteiger partial charge in [-0.2, -0.15) is 0 Å². The van der Waals surface area contributed by atoms with Gasteiger partial charge in [0.25, 0.3) is 0 Å². The Morgan fingerprint density at radius 2 is 2.17 bits per heavy atom. The van der Waals surface area contributed by atoms with Crippen molar-refractivity contribution < 1.29 is 14.3 Å². The zero-order valence-corrected chi connectivity index (χ0v) is 14.1. The summed E-state index contributed by atoms with van der Waals surface area (Å²) in [5.74, 6) is 2.12. The largest absolute Gasteiger partial charge is 0.493 e. The van der Waals surface area contributed by atoms with E-state index in [4.69, 9.17) is 9.47 Å². The monoisotopic (exact) mass is 317 g/mol. The summed E-state index contributed by atoms with van der Waals surface area (Å²) >= 11 is 0. The Hall–Kier alpha value is -1.55. The predicted octanol–water partition coefficient (Wildman–Crippen LogP) is 2.98. The molecular weight excluding hydrogens is 290 g/mol. The molecule has 3 atom stereocenters. The Labute approximate surface area is 138 Å². The number of rotatable bonds is 7. The number of carbonyl (C=O) groups excluding carboxylic acids is 1. The summed E-state index contributed by atoms with van der Waals surface area (Å²) < 4.78 is 11.0. The first-order valence-electron chi connectivity index (χ1n) is 8.70. The summed E-state index contributed by atoms with van der Waals surface area (Å²) in [5, 5.41) is 3.36. The van der Waals surface area contributed by atoms with Crippen LogP contribution in [0.1, 0.15) is 37.7 Å². The molecule has 1 aromatic carbocycles. The lowest BCUT2D eigenvalue weighted by molar-refractivity contribution is -0.145. The van der Waals surface area contributed by atoms with Gasteiger partial charge in [-0.15, -0.1) is 0 Å². The first-order chi connectivity index (χ1) is 11.2. The number of ether oxygens (including phenoxy) is 2. The zero-order chi connectivity index (χ0) is 16.2. The Bertz CT molecular complexity index is 535. The van der Waals surface area contributed by atoms with Gasteiger partial charge in [0.15, 0.2) is 0 Å². The fourth-order valence-corrected chi connectivity index (χ4v) is 3.64. The standard InChI is InChI=1S/C19H27NO3/c1-13(19(21)22-2)18(15-6-7-15)16-4-3-5-17(10-16)23-12-14-8-9-20-11-14/h3-5,10,13-15,18,20H,6-9,11-12H2,1-2H3/t13-,14?,18-/m0/s1. The van der Waals surface area contributed by atoms with E-state index in [0.717, 1.165) is 25.4 Å². The molecular formula is C19H27NO3. The highest BCUT2D eigenvalue weighted by molar-refractivity contribution is 5.73. The van der Waals surface area contributed by atoms with Gasteiger partial charge in [0, 0.05) is 12.5 Å². The third-order valence-corrected chi connectivity index (χ3v) is 5.13. The van der Waals surface area contributed by atoms with Crippen LogP contribution in [0.4, 0.5) is 0 Å². The summed E-state index contributed by atoms with van der Waals surface area (Å²) in [4.78, 5) is 12.0. The van der Waals surface area contributed by atoms with Gasteiger partial charge in [-0.25, -0.2) is 0 Å². The fourth-order valence-electron chi connectivity index (χ4n) is 3.64. The molecule has 3 rings (SSSR count). The number of benzene rings is 1. The first kappa shape index (κ1) is 16.3. The van der Waals surface area contributed by atoms with Crippen LogP contribution < -0.4 is 10.1 Å². The van der Waals surface area contributed by atoms with Crippen molar-refractivity contribution in [2.24, 2.45) is 17.8 Å². The molecule has 4 nitrogen and oxygen atoms in total. The van der Waals surface area contributed by atoms with Crippen LogP contribution in [0.25, 0.3) is 0 Å².